The molecule has 2 atom stereocenters. The van der Waals surface area contributed by atoms with Gasteiger partial charge in [-0.05, 0) is 25.8 Å². The molecule has 19 heavy (non-hydrogen) atoms. The Balaban J connectivity index is 1.79. The highest BCUT2D eigenvalue weighted by Crippen LogP contribution is 2.16. The minimum absolute atomic E-state index is 0.0843. The second-order valence-electron chi connectivity index (χ2n) is 5.34. The molecular formula is C13H24N2O3S. The lowest BCUT2D eigenvalue weighted by Gasteiger charge is -2.25. The molecule has 0 aromatic heterocycles. The summed E-state index contributed by atoms with van der Waals surface area (Å²) in [5.74, 6) is 1.43. The summed E-state index contributed by atoms with van der Waals surface area (Å²) >= 11 is 0. The number of hydrogen-bond acceptors (Lipinski definition) is 4. The molecule has 2 aliphatic heterocycles. The summed E-state index contributed by atoms with van der Waals surface area (Å²) in [4.78, 5) is 12.3. The van der Waals surface area contributed by atoms with Crippen LogP contribution in [0.3, 0.4) is 0 Å². The van der Waals surface area contributed by atoms with E-state index in [4.69, 9.17) is 4.74 Å². The monoisotopic (exact) mass is 288 g/mol. The van der Waals surface area contributed by atoms with Crippen molar-refractivity contribution in [2.45, 2.75) is 38.3 Å². The SMILES string of the molecule is CCCNC1COCC1C(=O)NC1CCS(=O)CC1. The van der Waals surface area contributed by atoms with E-state index < -0.39 is 10.8 Å². The van der Waals surface area contributed by atoms with Crippen LogP contribution in [0.4, 0.5) is 0 Å². The lowest BCUT2D eigenvalue weighted by Crippen LogP contribution is -2.48. The van der Waals surface area contributed by atoms with Crippen LogP contribution in [0.5, 0.6) is 0 Å². The number of rotatable bonds is 5. The molecule has 0 radical (unpaired) electrons. The van der Waals surface area contributed by atoms with Crippen LogP contribution in [0.25, 0.3) is 0 Å². The zero-order valence-corrected chi connectivity index (χ0v) is 12.3. The van der Waals surface area contributed by atoms with Gasteiger partial charge in [0.05, 0.1) is 19.1 Å². The van der Waals surface area contributed by atoms with Crippen molar-refractivity contribution < 1.29 is 13.7 Å². The average molecular weight is 288 g/mol. The summed E-state index contributed by atoms with van der Waals surface area (Å²) in [5.41, 5.74) is 0. The number of ether oxygens (including phenoxy) is 1. The molecule has 0 aromatic rings. The third kappa shape index (κ3) is 4.26. The van der Waals surface area contributed by atoms with E-state index in [1.54, 1.807) is 0 Å². The first-order valence-electron chi connectivity index (χ1n) is 7.17. The van der Waals surface area contributed by atoms with Crippen molar-refractivity contribution in [2.75, 3.05) is 31.3 Å². The summed E-state index contributed by atoms with van der Waals surface area (Å²) in [7, 11) is -0.677. The first-order chi connectivity index (χ1) is 9.20. The normalized spacial score (nSPS) is 35.2. The summed E-state index contributed by atoms with van der Waals surface area (Å²) < 4.78 is 16.7. The van der Waals surface area contributed by atoms with Crippen molar-refractivity contribution in [3.63, 3.8) is 0 Å². The zero-order chi connectivity index (χ0) is 13.7. The van der Waals surface area contributed by atoms with Crippen molar-refractivity contribution in [3.05, 3.63) is 0 Å². The van der Waals surface area contributed by atoms with E-state index in [2.05, 4.69) is 17.6 Å². The molecule has 2 fully saturated rings. The van der Waals surface area contributed by atoms with Gasteiger partial charge in [0.1, 0.15) is 0 Å². The smallest absolute Gasteiger partial charge is 0.227 e. The van der Waals surface area contributed by atoms with Gasteiger partial charge in [-0.25, -0.2) is 0 Å². The van der Waals surface area contributed by atoms with Gasteiger partial charge in [-0.3, -0.25) is 9.00 Å². The van der Waals surface area contributed by atoms with Crippen molar-refractivity contribution in [2.24, 2.45) is 5.92 Å². The molecule has 2 N–H and O–H groups in total. The fourth-order valence-electron chi connectivity index (χ4n) is 2.59. The summed E-state index contributed by atoms with van der Waals surface area (Å²) in [6, 6.07) is 0.329. The van der Waals surface area contributed by atoms with Crippen LogP contribution in [0.2, 0.25) is 0 Å². The Morgan fingerprint density at radius 1 is 1.32 bits per heavy atom. The van der Waals surface area contributed by atoms with Gasteiger partial charge in [-0.2, -0.15) is 0 Å². The summed E-state index contributed by atoms with van der Waals surface area (Å²) in [5, 5.41) is 6.47. The zero-order valence-electron chi connectivity index (χ0n) is 11.5. The van der Waals surface area contributed by atoms with Gasteiger partial charge in [0.25, 0.3) is 0 Å². The van der Waals surface area contributed by atoms with Crippen molar-refractivity contribution >= 4 is 16.7 Å². The third-order valence-electron chi connectivity index (χ3n) is 3.81. The number of carbonyl (C=O) groups is 1. The molecule has 0 aromatic carbocycles. The van der Waals surface area contributed by atoms with E-state index >= 15 is 0 Å². The van der Waals surface area contributed by atoms with Gasteiger partial charge in [0.15, 0.2) is 0 Å². The Labute approximate surface area is 117 Å². The van der Waals surface area contributed by atoms with Crippen LogP contribution >= 0.6 is 0 Å². The fraction of sp³-hybridized carbons (Fsp3) is 0.923. The van der Waals surface area contributed by atoms with E-state index in [9.17, 15) is 9.00 Å². The van der Waals surface area contributed by atoms with Crippen LogP contribution in [0.15, 0.2) is 0 Å². The molecule has 6 heteroatoms. The van der Waals surface area contributed by atoms with E-state index in [-0.39, 0.29) is 23.9 Å². The second-order valence-corrected chi connectivity index (χ2v) is 7.03. The second kappa shape index (κ2) is 7.36. The molecule has 110 valence electrons. The molecule has 1 amide bonds. The maximum absolute atomic E-state index is 12.3. The van der Waals surface area contributed by atoms with Gasteiger partial charge >= 0.3 is 0 Å². The van der Waals surface area contributed by atoms with Gasteiger partial charge in [0, 0.05) is 34.4 Å². The minimum Gasteiger partial charge on any atom is -0.379 e. The quantitative estimate of drug-likeness (QED) is 0.749. The predicted molar refractivity (Wildman–Crippen MR) is 75.4 cm³/mol. The molecular weight excluding hydrogens is 264 g/mol. The molecule has 0 aliphatic carbocycles. The van der Waals surface area contributed by atoms with Crippen LogP contribution in [0.1, 0.15) is 26.2 Å². The maximum atomic E-state index is 12.3. The molecule has 2 rings (SSSR count). The van der Waals surface area contributed by atoms with Crippen LogP contribution < -0.4 is 10.6 Å². The van der Waals surface area contributed by atoms with Gasteiger partial charge in [0.2, 0.25) is 5.91 Å². The molecule has 0 saturated carbocycles. The van der Waals surface area contributed by atoms with E-state index in [1.165, 1.54) is 0 Å². The third-order valence-corrected chi connectivity index (χ3v) is 5.19. The standard InChI is InChI=1S/C13H24N2O3S/c1-2-5-14-12-9-18-8-11(12)13(16)15-10-3-6-19(17)7-4-10/h10-12,14H,2-9H2,1H3,(H,15,16). The molecule has 2 unspecified atom stereocenters. The Hall–Kier alpha value is -0.460. The van der Waals surface area contributed by atoms with Crippen LogP contribution in [0, 0.1) is 5.92 Å². The highest BCUT2D eigenvalue weighted by Gasteiger charge is 2.34. The molecule has 0 bridgehead atoms. The van der Waals surface area contributed by atoms with Crippen molar-refractivity contribution in [3.8, 4) is 0 Å². The van der Waals surface area contributed by atoms with Gasteiger partial charge < -0.3 is 15.4 Å². The summed E-state index contributed by atoms with van der Waals surface area (Å²) in [6.07, 6.45) is 2.72. The van der Waals surface area contributed by atoms with Crippen LogP contribution in [-0.4, -0.2) is 53.5 Å². The number of nitrogens with one attached hydrogen (secondary N) is 2. The largest absolute Gasteiger partial charge is 0.379 e. The molecule has 5 nitrogen and oxygen atoms in total. The minimum atomic E-state index is -0.677. The molecule has 0 spiro atoms. The fourth-order valence-corrected chi connectivity index (χ4v) is 3.89. The highest BCUT2D eigenvalue weighted by atomic mass is 32.2. The lowest BCUT2D eigenvalue weighted by atomic mass is 10.0. The Bertz CT molecular complexity index is 328. The Morgan fingerprint density at radius 2 is 2.05 bits per heavy atom. The van der Waals surface area contributed by atoms with Gasteiger partial charge in [-0.15, -0.1) is 0 Å². The van der Waals surface area contributed by atoms with Gasteiger partial charge in [-0.1, -0.05) is 6.92 Å². The number of amides is 1. The van der Waals surface area contributed by atoms with E-state index in [1.807, 2.05) is 0 Å². The topological polar surface area (TPSA) is 67.4 Å². The Morgan fingerprint density at radius 3 is 2.74 bits per heavy atom. The number of hydrogen-bond donors (Lipinski definition) is 2. The lowest BCUT2D eigenvalue weighted by molar-refractivity contribution is -0.126. The van der Waals surface area contributed by atoms with Crippen molar-refractivity contribution in [1.82, 2.24) is 10.6 Å². The maximum Gasteiger partial charge on any atom is 0.227 e. The first kappa shape index (κ1) is 14.9. The van der Waals surface area contributed by atoms with Crippen LogP contribution in [-0.2, 0) is 20.3 Å². The van der Waals surface area contributed by atoms with E-state index in [0.717, 1.165) is 25.8 Å². The number of carbonyl (C=O) groups excluding carboxylic acids is 1. The Kier molecular flexibility index (Phi) is 5.78. The highest BCUT2D eigenvalue weighted by molar-refractivity contribution is 7.85. The molecule has 2 aliphatic rings. The van der Waals surface area contributed by atoms with Crippen molar-refractivity contribution in [1.29, 1.82) is 0 Å². The predicted octanol–water partition coefficient (Wildman–Crippen LogP) is 0.0283. The first-order valence-corrected chi connectivity index (χ1v) is 8.66. The van der Waals surface area contributed by atoms with E-state index in [0.29, 0.717) is 24.7 Å². The summed E-state index contributed by atoms with van der Waals surface area (Å²) in [6.45, 7) is 4.15. The molecule has 2 saturated heterocycles. The molecule has 2 heterocycles. The average Bonchev–Trinajstić information content (AvgIpc) is 2.87.